The molecular weight excluding hydrogens is 354 g/mol. The summed E-state index contributed by atoms with van der Waals surface area (Å²) in [6.45, 7) is 6.02. The lowest BCUT2D eigenvalue weighted by Gasteiger charge is -2.05. The van der Waals surface area contributed by atoms with Gasteiger partial charge in [0.15, 0.2) is 6.61 Å². The van der Waals surface area contributed by atoms with Crippen LogP contribution in [-0.2, 0) is 9.53 Å². The van der Waals surface area contributed by atoms with Crippen molar-refractivity contribution in [1.29, 1.82) is 5.26 Å². The SMILES string of the molecule is CCOC(=O)COc1ccc(C=C(C#N)c2nc3cc(C)c(C)cc3[nH]2)cc1. The monoisotopic (exact) mass is 375 g/mol. The number of carbonyl (C=O) groups excluding carboxylic acids is 1. The second-order valence-corrected chi connectivity index (χ2v) is 6.37. The number of aryl methyl sites for hydroxylation is 2. The predicted molar refractivity (Wildman–Crippen MR) is 108 cm³/mol. The molecule has 3 aromatic rings. The maximum atomic E-state index is 11.3. The molecule has 0 saturated heterocycles. The van der Waals surface area contributed by atoms with Crippen LogP contribution in [0, 0.1) is 25.2 Å². The van der Waals surface area contributed by atoms with Gasteiger partial charge < -0.3 is 14.5 Å². The van der Waals surface area contributed by atoms with E-state index in [-0.39, 0.29) is 6.61 Å². The molecule has 0 amide bonds. The van der Waals surface area contributed by atoms with Crippen LogP contribution in [0.4, 0.5) is 0 Å². The number of hydrogen-bond acceptors (Lipinski definition) is 5. The van der Waals surface area contributed by atoms with E-state index in [0.29, 0.717) is 23.8 Å². The van der Waals surface area contributed by atoms with E-state index in [1.54, 1.807) is 25.1 Å². The fraction of sp³-hybridized carbons (Fsp3) is 0.227. The molecule has 0 radical (unpaired) electrons. The highest BCUT2D eigenvalue weighted by Gasteiger charge is 2.09. The van der Waals surface area contributed by atoms with Crippen molar-refractivity contribution >= 4 is 28.7 Å². The Morgan fingerprint density at radius 1 is 1.21 bits per heavy atom. The van der Waals surface area contributed by atoms with E-state index in [2.05, 4.69) is 16.0 Å². The van der Waals surface area contributed by atoms with Gasteiger partial charge >= 0.3 is 5.97 Å². The highest BCUT2D eigenvalue weighted by atomic mass is 16.6. The summed E-state index contributed by atoms with van der Waals surface area (Å²) in [6.07, 6.45) is 1.76. The normalized spacial score (nSPS) is 11.3. The molecule has 0 unspecified atom stereocenters. The Morgan fingerprint density at radius 2 is 1.93 bits per heavy atom. The summed E-state index contributed by atoms with van der Waals surface area (Å²) in [7, 11) is 0. The number of benzene rings is 2. The predicted octanol–water partition coefficient (Wildman–Crippen LogP) is 4.19. The van der Waals surface area contributed by atoms with Gasteiger partial charge in [-0.1, -0.05) is 12.1 Å². The maximum absolute atomic E-state index is 11.3. The van der Waals surface area contributed by atoms with Crippen LogP contribution < -0.4 is 4.74 Å². The minimum Gasteiger partial charge on any atom is -0.482 e. The molecule has 0 bridgehead atoms. The van der Waals surface area contributed by atoms with Gasteiger partial charge in [-0.15, -0.1) is 0 Å². The third-order valence-electron chi connectivity index (χ3n) is 4.33. The summed E-state index contributed by atoms with van der Waals surface area (Å²) in [6, 6.07) is 13.4. The molecule has 0 saturated carbocycles. The molecule has 0 aliphatic carbocycles. The first-order chi connectivity index (χ1) is 13.5. The van der Waals surface area contributed by atoms with E-state index >= 15 is 0 Å². The van der Waals surface area contributed by atoms with Crippen LogP contribution in [0.1, 0.15) is 29.4 Å². The number of ether oxygens (including phenoxy) is 2. The number of aromatic amines is 1. The van der Waals surface area contributed by atoms with E-state index < -0.39 is 5.97 Å². The second-order valence-electron chi connectivity index (χ2n) is 6.37. The van der Waals surface area contributed by atoms with Gasteiger partial charge in [0.25, 0.3) is 0 Å². The molecule has 6 heteroatoms. The minimum atomic E-state index is -0.409. The molecule has 0 aliphatic rings. The number of H-pyrrole nitrogens is 1. The molecule has 3 rings (SSSR count). The van der Waals surface area contributed by atoms with Gasteiger partial charge in [0.05, 0.1) is 23.2 Å². The molecule has 0 aliphatic heterocycles. The van der Waals surface area contributed by atoms with E-state index in [1.165, 1.54) is 5.56 Å². The second kappa shape index (κ2) is 8.40. The first kappa shape index (κ1) is 19.2. The van der Waals surface area contributed by atoms with Crippen LogP contribution in [0.2, 0.25) is 0 Å². The zero-order chi connectivity index (χ0) is 20.1. The standard InChI is InChI=1S/C22H21N3O3/c1-4-27-21(26)13-28-18-7-5-16(6-8-18)11-17(12-23)22-24-19-9-14(2)15(3)10-20(19)25-22/h5-11H,4,13H2,1-3H3,(H,24,25). The zero-order valence-electron chi connectivity index (χ0n) is 16.1. The Bertz CT molecular complexity index is 1030. The molecule has 6 nitrogen and oxygen atoms in total. The largest absolute Gasteiger partial charge is 0.482 e. The van der Waals surface area contributed by atoms with Crippen molar-refractivity contribution in [3.63, 3.8) is 0 Å². The van der Waals surface area contributed by atoms with Crippen LogP contribution in [0.25, 0.3) is 22.7 Å². The smallest absolute Gasteiger partial charge is 0.344 e. The van der Waals surface area contributed by atoms with Gasteiger partial charge in [-0.2, -0.15) is 5.26 Å². The van der Waals surface area contributed by atoms with E-state index in [9.17, 15) is 10.1 Å². The van der Waals surface area contributed by atoms with Crippen LogP contribution in [-0.4, -0.2) is 29.2 Å². The highest BCUT2D eigenvalue weighted by molar-refractivity contribution is 5.90. The molecule has 1 aromatic heterocycles. The third kappa shape index (κ3) is 4.38. The highest BCUT2D eigenvalue weighted by Crippen LogP contribution is 2.22. The lowest BCUT2D eigenvalue weighted by atomic mass is 10.1. The van der Waals surface area contributed by atoms with Crippen molar-refractivity contribution in [3.05, 3.63) is 58.9 Å². The quantitative estimate of drug-likeness (QED) is 0.516. The Hall–Kier alpha value is -3.59. The average Bonchev–Trinajstić information content (AvgIpc) is 3.08. The molecule has 1 heterocycles. The Labute approximate surface area is 163 Å². The first-order valence-corrected chi connectivity index (χ1v) is 8.97. The Balaban J connectivity index is 1.79. The summed E-state index contributed by atoms with van der Waals surface area (Å²) in [4.78, 5) is 19.1. The van der Waals surface area contributed by atoms with Crippen molar-refractivity contribution in [2.24, 2.45) is 0 Å². The minimum absolute atomic E-state index is 0.135. The summed E-state index contributed by atoms with van der Waals surface area (Å²) in [5.41, 5.74) is 5.33. The number of nitriles is 1. The molecule has 28 heavy (non-hydrogen) atoms. The van der Waals surface area contributed by atoms with E-state index in [4.69, 9.17) is 9.47 Å². The molecule has 0 atom stereocenters. The molecule has 0 spiro atoms. The van der Waals surface area contributed by atoms with Gasteiger partial charge in [-0.3, -0.25) is 0 Å². The fourth-order valence-corrected chi connectivity index (χ4v) is 2.72. The van der Waals surface area contributed by atoms with E-state index in [1.807, 2.05) is 38.1 Å². The number of aromatic nitrogens is 2. The van der Waals surface area contributed by atoms with Crippen molar-refractivity contribution < 1.29 is 14.3 Å². The summed E-state index contributed by atoms with van der Waals surface area (Å²) in [5.74, 6) is 0.678. The lowest BCUT2D eigenvalue weighted by Crippen LogP contribution is -2.14. The van der Waals surface area contributed by atoms with Gasteiger partial charge in [0.1, 0.15) is 17.6 Å². The van der Waals surface area contributed by atoms with Gasteiger partial charge in [0.2, 0.25) is 0 Å². The number of nitrogens with zero attached hydrogens (tertiary/aromatic N) is 2. The Kier molecular flexibility index (Phi) is 5.75. The van der Waals surface area contributed by atoms with E-state index in [0.717, 1.165) is 22.2 Å². The maximum Gasteiger partial charge on any atom is 0.344 e. The fourth-order valence-electron chi connectivity index (χ4n) is 2.72. The summed E-state index contributed by atoms with van der Waals surface area (Å²) < 4.78 is 10.2. The number of nitrogens with one attached hydrogen (secondary N) is 1. The topological polar surface area (TPSA) is 88.0 Å². The van der Waals surface area contributed by atoms with Crippen molar-refractivity contribution in [3.8, 4) is 11.8 Å². The number of rotatable bonds is 6. The number of fused-ring (bicyclic) bond motifs is 1. The number of imidazole rings is 1. The van der Waals surface area contributed by atoms with Gasteiger partial charge in [0, 0.05) is 0 Å². The lowest BCUT2D eigenvalue weighted by molar-refractivity contribution is -0.145. The van der Waals surface area contributed by atoms with Crippen molar-refractivity contribution in [2.45, 2.75) is 20.8 Å². The van der Waals surface area contributed by atoms with Crippen molar-refractivity contribution in [1.82, 2.24) is 9.97 Å². The molecule has 142 valence electrons. The van der Waals surface area contributed by atoms with Crippen LogP contribution in [0.3, 0.4) is 0 Å². The van der Waals surface area contributed by atoms with Crippen LogP contribution in [0.5, 0.6) is 5.75 Å². The number of hydrogen-bond donors (Lipinski definition) is 1. The molecule has 0 fully saturated rings. The third-order valence-corrected chi connectivity index (χ3v) is 4.33. The summed E-state index contributed by atoms with van der Waals surface area (Å²) >= 11 is 0. The average molecular weight is 375 g/mol. The first-order valence-electron chi connectivity index (χ1n) is 8.97. The van der Waals surface area contributed by atoms with Gasteiger partial charge in [-0.25, -0.2) is 9.78 Å². The molecule has 2 aromatic carbocycles. The van der Waals surface area contributed by atoms with Crippen molar-refractivity contribution in [2.75, 3.05) is 13.2 Å². The van der Waals surface area contributed by atoms with Crippen LogP contribution in [0.15, 0.2) is 36.4 Å². The number of allylic oxidation sites excluding steroid dienone is 1. The molecule has 1 N–H and O–H groups in total. The summed E-state index contributed by atoms with van der Waals surface area (Å²) in [5, 5.41) is 9.57. The number of esters is 1. The Morgan fingerprint density at radius 3 is 2.61 bits per heavy atom. The zero-order valence-corrected chi connectivity index (χ0v) is 16.1. The van der Waals surface area contributed by atoms with Gasteiger partial charge in [-0.05, 0) is 67.8 Å². The van der Waals surface area contributed by atoms with Crippen LogP contribution >= 0.6 is 0 Å². The number of carbonyl (C=O) groups is 1. The molecular formula is C22H21N3O3.